The van der Waals surface area contributed by atoms with Gasteiger partial charge < -0.3 is 5.32 Å². The summed E-state index contributed by atoms with van der Waals surface area (Å²) in [5.74, 6) is -0.215. The van der Waals surface area contributed by atoms with Crippen molar-refractivity contribution in [3.8, 4) is 0 Å². The van der Waals surface area contributed by atoms with E-state index in [1.165, 1.54) is 5.57 Å². The second kappa shape index (κ2) is 6.92. The van der Waals surface area contributed by atoms with Crippen LogP contribution in [-0.2, 0) is 0 Å². The maximum absolute atomic E-state index is 13.5. The first-order chi connectivity index (χ1) is 8.04. The van der Waals surface area contributed by atoms with Gasteiger partial charge in [-0.05, 0) is 60.4 Å². The minimum atomic E-state index is -0.215. The van der Waals surface area contributed by atoms with Gasteiger partial charge in [0, 0.05) is 0 Å². The first kappa shape index (κ1) is 14.4. The molecule has 1 atom stereocenters. The highest BCUT2D eigenvalue weighted by molar-refractivity contribution is 9.10. The quantitative estimate of drug-likeness (QED) is 0.784. The summed E-state index contributed by atoms with van der Waals surface area (Å²) < 4.78 is 14.0. The van der Waals surface area contributed by atoms with Crippen molar-refractivity contribution in [3.63, 3.8) is 0 Å². The van der Waals surface area contributed by atoms with Crippen molar-refractivity contribution >= 4 is 15.9 Å². The largest absolute Gasteiger partial charge is 0.307 e. The third kappa shape index (κ3) is 4.60. The molecule has 0 saturated heterocycles. The molecule has 1 unspecified atom stereocenters. The highest BCUT2D eigenvalue weighted by atomic mass is 79.9. The summed E-state index contributed by atoms with van der Waals surface area (Å²) in [6.45, 7) is 7.15. The molecule has 1 N–H and O–H groups in total. The Kier molecular flexibility index (Phi) is 5.86. The van der Waals surface area contributed by atoms with Crippen LogP contribution in [0.15, 0.2) is 34.3 Å². The molecule has 1 aromatic rings. The smallest absolute Gasteiger partial charge is 0.137 e. The fourth-order valence-electron chi connectivity index (χ4n) is 1.61. The molecule has 0 spiro atoms. The molecule has 0 saturated carbocycles. The van der Waals surface area contributed by atoms with Crippen molar-refractivity contribution in [1.82, 2.24) is 5.32 Å². The number of halogens is 2. The molecule has 0 aliphatic rings. The Morgan fingerprint density at radius 1 is 1.47 bits per heavy atom. The summed E-state index contributed by atoms with van der Waals surface area (Å²) in [7, 11) is 0. The predicted octanol–water partition coefficient (Wildman–Crippen LogP) is 4.60. The van der Waals surface area contributed by atoms with Crippen LogP contribution in [-0.4, -0.2) is 6.54 Å². The fraction of sp³-hybridized carbons (Fsp3) is 0.429. The number of hydrogen-bond acceptors (Lipinski definition) is 1. The third-order valence-electron chi connectivity index (χ3n) is 2.42. The van der Waals surface area contributed by atoms with Gasteiger partial charge in [0.05, 0.1) is 10.5 Å². The fourth-order valence-corrected chi connectivity index (χ4v) is 1.86. The van der Waals surface area contributed by atoms with Gasteiger partial charge in [-0.15, -0.1) is 0 Å². The van der Waals surface area contributed by atoms with Crippen LogP contribution in [0.3, 0.4) is 0 Å². The second-order valence-electron chi connectivity index (χ2n) is 4.35. The van der Waals surface area contributed by atoms with Crippen molar-refractivity contribution in [1.29, 1.82) is 0 Å². The van der Waals surface area contributed by atoms with E-state index in [0.29, 0.717) is 4.47 Å². The van der Waals surface area contributed by atoms with Crippen LogP contribution in [0.4, 0.5) is 4.39 Å². The SMILES string of the molecule is CCCNC(C=C(C)C)c1ccc(Br)c(F)c1. The van der Waals surface area contributed by atoms with E-state index in [0.717, 1.165) is 18.5 Å². The van der Waals surface area contributed by atoms with Gasteiger partial charge in [-0.2, -0.15) is 0 Å². The molecule has 0 aliphatic heterocycles. The van der Waals surface area contributed by atoms with Crippen molar-refractivity contribution in [2.75, 3.05) is 6.54 Å². The molecule has 1 nitrogen and oxygen atoms in total. The zero-order valence-corrected chi connectivity index (χ0v) is 12.1. The van der Waals surface area contributed by atoms with E-state index in [9.17, 15) is 4.39 Å². The average Bonchev–Trinajstić information content (AvgIpc) is 2.27. The molecule has 94 valence electrons. The lowest BCUT2D eigenvalue weighted by molar-refractivity contribution is 0.591. The van der Waals surface area contributed by atoms with Crippen molar-refractivity contribution in [3.05, 3.63) is 45.7 Å². The Morgan fingerprint density at radius 3 is 2.71 bits per heavy atom. The zero-order valence-electron chi connectivity index (χ0n) is 10.6. The molecular formula is C14H19BrFN. The van der Waals surface area contributed by atoms with Crippen LogP contribution >= 0.6 is 15.9 Å². The maximum atomic E-state index is 13.5. The molecule has 0 aliphatic carbocycles. The Hall–Kier alpha value is -0.670. The van der Waals surface area contributed by atoms with E-state index in [4.69, 9.17) is 0 Å². The van der Waals surface area contributed by atoms with Crippen LogP contribution in [0.1, 0.15) is 38.8 Å². The summed E-state index contributed by atoms with van der Waals surface area (Å²) >= 11 is 3.17. The average molecular weight is 300 g/mol. The van der Waals surface area contributed by atoms with E-state index >= 15 is 0 Å². The number of rotatable bonds is 5. The van der Waals surface area contributed by atoms with E-state index in [2.05, 4.69) is 48.1 Å². The molecular weight excluding hydrogens is 281 g/mol. The van der Waals surface area contributed by atoms with Gasteiger partial charge in [-0.25, -0.2) is 4.39 Å². The summed E-state index contributed by atoms with van der Waals surface area (Å²) in [5.41, 5.74) is 2.18. The molecule has 1 aromatic carbocycles. The lowest BCUT2D eigenvalue weighted by Crippen LogP contribution is -2.20. The monoisotopic (exact) mass is 299 g/mol. The molecule has 0 aromatic heterocycles. The third-order valence-corrected chi connectivity index (χ3v) is 3.06. The summed E-state index contributed by atoms with van der Waals surface area (Å²) in [4.78, 5) is 0. The van der Waals surface area contributed by atoms with Gasteiger partial charge in [-0.3, -0.25) is 0 Å². The Morgan fingerprint density at radius 2 is 2.18 bits per heavy atom. The molecule has 1 rings (SSSR count). The topological polar surface area (TPSA) is 12.0 Å². The van der Waals surface area contributed by atoms with Crippen molar-refractivity contribution in [2.45, 2.75) is 33.2 Å². The van der Waals surface area contributed by atoms with Gasteiger partial charge >= 0.3 is 0 Å². The summed E-state index contributed by atoms with van der Waals surface area (Å²) in [6, 6.07) is 5.36. The lowest BCUT2D eigenvalue weighted by Gasteiger charge is -2.16. The molecule has 0 fully saturated rings. The minimum absolute atomic E-state index is 0.0857. The van der Waals surface area contributed by atoms with Crippen molar-refractivity contribution < 1.29 is 4.39 Å². The van der Waals surface area contributed by atoms with Crippen molar-refractivity contribution in [2.24, 2.45) is 0 Å². The number of hydrogen-bond donors (Lipinski definition) is 1. The van der Waals surface area contributed by atoms with E-state index < -0.39 is 0 Å². The molecule has 0 amide bonds. The van der Waals surface area contributed by atoms with Gasteiger partial charge in [0.2, 0.25) is 0 Å². The zero-order chi connectivity index (χ0) is 12.8. The van der Waals surface area contributed by atoms with Crippen LogP contribution in [0.2, 0.25) is 0 Å². The first-order valence-electron chi connectivity index (χ1n) is 5.88. The Bertz CT molecular complexity index is 397. The van der Waals surface area contributed by atoms with E-state index in [1.807, 2.05) is 6.07 Å². The lowest BCUT2D eigenvalue weighted by atomic mass is 10.0. The Balaban J connectivity index is 2.95. The van der Waals surface area contributed by atoms with Gasteiger partial charge in [-0.1, -0.05) is 24.6 Å². The summed E-state index contributed by atoms with van der Waals surface area (Å²) in [6.07, 6.45) is 3.18. The van der Waals surface area contributed by atoms with Crippen LogP contribution in [0.25, 0.3) is 0 Å². The number of benzene rings is 1. The summed E-state index contributed by atoms with van der Waals surface area (Å²) in [5, 5.41) is 3.41. The first-order valence-corrected chi connectivity index (χ1v) is 6.67. The maximum Gasteiger partial charge on any atom is 0.137 e. The van der Waals surface area contributed by atoms with Gasteiger partial charge in [0.15, 0.2) is 0 Å². The predicted molar refractivity (Wildman–Crippen MR) is 74.6 cm³/mol. The highest BCUT2D eigenvalue weighted by Crippen LogP contribution is 2.22. The molecule has 0 radical (unpaired) electrons. The standard InChI is InChI=1S/C14H19BrFN/c1-4-7-17-14(8-10(2)3)11-5-6-12(15)13(16)9-11/h5-6,8-9,14,17H,4,7H2,1-3H3. The van der Waals surface area contributed by atoms with Crippen LogP contribution in [0, 0.1) is 5.82 Å². The van der Waals surface area contributed by atoms with Gasteiger partial charge in [0.1, 0.15) is 5.82 Å². The molecule has 17 heavy (non-hydrogen) atoms. The molecule has 0 bridgehead atoms. The molecule has 3 heteroatoms. The van der Waals surface area contributed by atoms with Crippen LogP contribution < -0.4 is 5.32 Å². The second-order valence-corrected chi connectivity index (χ2v) is 5.20. The number of allylic oxidation sites excluding steroid dienone is 1. The highest BCUT2D eigenvalue weighted by Gasteiger charge is 2.09. The van der Waals surface area contributed by atoms with Gasteiger partial charge in [0.25, 0.3) is 0 Å². The van der Waals surface area contributed by atoms with Crippen LogP contribution in [0.5, 0.6) is 0 Å². The van der Waals surface area contributed by atoms with E-state index in [1.54, 1.807) is 12.1 Å². The van der Waals surface area contributed by atoms with E-state index in [-0.39, 0.29) is 11.9 Å². The Labute approximate surface area is 111 Å². The number of nitrogens with one attached hydrogen (secondary N) is 1. The minimum Gasteiger partial charge on any atom is -0.307 e. The normalized spacial score (nSPS) is 12.3. The molecule has 0 heterocycles.